The second kappa shape index (κ2) is 6.41. The first-order valence-electron chi connectivity index (χ1n) is 7.04. The first-order chi connectivity index (χ1) is 9.83. The Bertz CT molecular complexity index is 498. The number of thioether (sulfide) groups is 1. The van der Waals surface area contributed by atoms with Gasteiger partial charge in [0.25, 0.3) is 5.91 Å². The van der Waals surface area contributed by atoms with Gasteiger partial charge in [0.2, 0.25) is 0 Å². The summed E-state index contributed by atoms with van der Waals surface area (Å²) >= 11 is 1.62. The number of hydroxylamine groups is 1. The van der Waals surface area contributed by atoms with Crippen LogP contribution in [0.3, 0.4) is 0 Å². The number of hydrogen-bond acceptors (Lipinski definition) is 4. The largest absolute Gasteiger partial charge is 0.270 e. The van der Waals surface area contributed by atoms with Crippen molar-refractivity contribution in [1.82, 2.24) is 5.48 Å². The maximum absolute atomic E-state index is 12.0. The van der Waals surface area contributed by atoms with E-state index < -0.39 is 0 Å². The van der Waals surface area contributed by atoms with E-state index >= 15 is 0 Å². The third kappa shape index (κ3) is 3.22. The van der Waals surface area contributed by atoms with Crippen molar-refractivity contribution in [2.75, 3.05) is 5.75 Å². The topological polar surface area (TPSA) is 50.7 Å². The highest BCUT2D eigenvalue weighted by Crippen LogP contribution is 2.24. The second-order valence-corrected chi connectivity index (χ2v) is 6.13. The highest BCUT2D eigenvalue weighted by Gasteiger charge is 2.27. The van der Waals surface area contributed by atoms with Gasteiger partial charge in [-0.1, -0.05) is 43.2 Å². The van der Waals surface area contributed by atoms with Gasteiger partial charge >= 0.3 is 0 Å². The first-order valence-corrected chi connectivity index (χ1v) is 8.03. The smallest absolute Gasteiger partial charge is 0.269 e. The fraction of sp³-hybridized carbons (Fsp3) is 0.467. The molecule has 0 spiro atoms. The summed E-state index contributed by atoms with van der Waals surface area (Å²) in [4.78, 5) is 22.0. The van der Waals surface area contributed by atoms with Crippen LogP contribution in [0.25, 0.3) is 0 Å². The molecule has 1 aromatic carbocycles. The highest BCUT2D eigenvalue weighted by atomic mass is 32.2. The van der Waals surface area contributed by atoms with Gasteiger partial charge in [0.1, 0.15) is 6.04 Å². The van der Waals surface area contributed by atoms with Crippen LogP contribution < -0.4 is 5.48 Å². The molecular weight excluding hydrogens is 272 g/mol. The van der Waals surface area contributed by atoms with E-state index in [9.17, 15) is 4.79 Å². The maximum atomic E-state index is 12.0. The normalized spacial score (nSPS) is 22.8. The van der Waals surface area contributed by atoms with E-state index in [2.05, 4.69) is 10.5 Å². The molecule has 5 heteroatoms. The van der Waals surface area contributed by atoms with Gasteiger partial charge in [-0.15, -0.1) is 11.8 Å². The predicted octanol–water partition coefficient (Wildman–Crippen LogP) is 2.54. The van der Waals surface area contributed by atoms with E-state index in [0.29, 0.717) is 5.75 Å². The molecule has 0 bridgehead atoms. The van der Waals surface area contributed by atoms with Gasteiger partial charge in [0.15, 0.2) is 0 Å². The first kappa shape index (κ1) is 13.6. The molecule has 1 heterocycles. The Morgan fingerprint density at radius 2 is 2.00 bits per heavy atom. The number of carbonyl (C=O) groups is 1. The Morgan fingerprint density at radius 3 is 2.75 bits per heavy atom. The molecule has 1 N–H and O–H groups in total. The predicted molar refractivity (Wildman–Crippen MR) is 80.7 cm³/mol. The molecule has 1 aromatic rings. The van der Waals surface area contributed by atoms with Crippen LogP contribution in [-0.4, -0.2) is 28.8 Å². The highest BCUT2D eigenvalue weighted by molar-refractivity contribution is 8.14. The van der Waals surface area contributed by atoms with E-state index in [1.54, 1.807) is 11.8 Å². The van der Waals surface area contributed by atoms with E-state index in [4.69, 9.17) is 4.84 Å². The van der Waals surface area contributed by atoms with E-state index in [0.717, 1.165) is 23.4 Å². The molecule has 2 aliphatic rings. The van der Waals surface area contributed by atoms with Crippen LogP contribution in [0.5, 0.6) is 0 Å². The number of hydrogen-bond donors (Lipinski definition) is 1. The maximum Gasteiger partial charge on any atom is 0.269 e. The molecule has 0 aromatic heterocycles. The number of amides is 1. The minimum Gasteiger partial charge on any atom is -0.270 e. The lowest BCUT2D eigenvalue weighted by Crippen LogP contribution is -2.36. The molecule has 0 saturated heterocycles. The van der Waals surface area contributed by atoms with E-state index in [1.165, 1.54) is 12.8 Å². The molecule has 4 nitrogen and oxygen atoms in total. The summed E-state index contributed by atoms with van der Waals surface area (Å²) in [5.41, 5.74) is 3.65. The monoisotopic (exact) mass is 290 g/mol. The molecule has 1 aliphatic heterocycles. The standard InChI is InChI=1S/C15H18N2O2S/c18-14(17-19-12-8-4-5-9-12)13-10-20-15(16-13)11-6-2-1-3-7-11/h1-3,6-7,12-13H,4-5,8-10H2,(H,17,18). The lowest BCUT2D eigenvalue weighted by Gasteiger charge is -2.12. The van der Waals surface area contributed by atoms with E-state index in [-0.39, 0.29) is 18.1 Å². The summed E-state index contributed by atoms with van der Waals surface area (Å²) in [5.74, 6) is 0.555. The van der Waals surface area contributed by atoms with Crippen LogP contribution in [0.4, 0.5) is 0 Å². The third-order valence-corrected chi connectivity index (χ3v) is 4.70. The van der Waals surface area contributed by atoms with Crippen molar-refractivity contribution in [3.8, 4) is 0 Å². The van der Waals surface area contributed by atoms with Gasteiger partial charge < -0.3 is 0 Å². The Kier molecular flexibility index (Phi) is 4.38. The molecule has 1 aliphatic carbocycles. The van der Waals surface area contributed by atoms with Crippen molar-refractivity contribution in [3.63, 3.8) is 0 Å². The SMILES string of the molecule is O=C(NOC1CCCC1)C1CSC(c2ccccc2)=N1. The van der Waals surface area contributed by atoms with Gasteiger partial charge in [-0.2, -0.15) is 0 Å². The summed E-state index contributed by atoms with van der Waals surface area (Å²) in [7, 11) is 0. The lowest BCUT2D eigenvalue weighted by molar-refractivity contribution is -0.138. The van der Waals surface area contributed by atoms with Crippen molar-refractivity contribution in [2.45, 2.75) is 37.8 Å². The average molecular weight is 290 g/mol. The van der Waals surface area contributed by atoms with Crippen LogP contribution >= 0.6 is 11.8 Å². The third-order valence-electron chi connectivity index (χ3n) is 3.60. The number of benzene rings is 1. The quantitative estimate of drug-likeness (QED) is 0.867. The average Bonchev–Trinajstić information content (AvgIpc) is 3.17. The fourth-order valence-corrected chi connectivity index (χ4v) is 3.51. The Labute approximate surface area is 123 Å². The summed E-state index contributed by atoms with van der Waals surface area (Å²) in [6, 6.07) is 9.63. The van der Waals surface area contributed by atoms with Gasteiger partial charge in [0, 0.05) is 11.3 Å². The number of nitrogens with zero attached hydrogens (tertiary/aromatic N) is 1. The minimum absolute atomic E-state index is 0.129. The zero-order valence-corrected chi connectivity index (χ0v) is 12.1. The molecule has 1 unspecified atom stereocenters. The molecule has 106 valence electrons. The molecule has 0 radical (unpaired) electrons. The molecule has 1 saturated carbocycles. The summed E-state index contributed by atoms with van der Waals surface area (Å²) in [6.07, 6.45) is 4.65. The van der Waals surface area contributed by atoms with Gasteiger partial charge in [-0.3, -0.25) is 14.6 Å². The number of carbonyl (C=O) groups excluding carboxylic acids is 1. The summed E-state index contributed by atoms with van der Waals surface area (Å²) < 4.78 is 0. The molecular formula is C15H18N2O2S. The zero-order valence-electron chi connectivity index (χ0n) is 11.2. The van der Waals surface area contributed by atoms with Crippen molar-refractivity contribution in [1.29, 1.82) is 0 Å². The number of nitrogens with one attached hydrogen (secondary N) is 1. The van der Waals surface area contributed by atoms with Crippen LogP contribution in [0.2, 0.25) is 0 Å². The van der Waals surface area contributed by atoms with Crippen molar-refractivity contribution in [3.05, 3.63) is 35.9 Å². The number of aliphatic imine (C=N–C) groups is 1. The molecule has 1 fully saturated rings. The van der Waals surface area contributed by atoms with Crippen LogP contribution in [0.1, 0.15) is 31.2 Å². The Balaban J connectivity index is 1.55. The summed E-state index contributed by atoms with van der Waals surface area (Å²) in [5, 5.41) is 0.937. The minimum atomic E-state index is -0.336. The van der Waals surface area contributed by atoms with Crippen LogP contribution in [-0.2, 0) is 9.63 Å². The van der Waals surface area contributed by atoms with E-state index in [1.807, 2.05) is 30.3 Å². The lowest BCUT2D eigenvalue weighted by atomic mass is 10.2. The molecule has 20 heavy (non-hydrogen) atoms. The van der Waals surface area contributed by atoms with Gasteiger partial charge in [-0.05, 0) is 12.8 Å². The van der Waals surface area contributed by atoms with Crippen molar-refractivity contribution >= 4 is 22.7 Å². The van der Waals surface area contributed by atoms with Crippen LogP contribution in [0.15, 0.2) is 35.3 Å². The molecule has 1 atom stereocenters. The van der Waals surface area contributed by atoms with Crippen molar-refractivity contribution < 1.29 is 9.63 Å². The Hall–Kier alpha value is -1.33. The van der Waals surface area contributed by atoms with Crippen LogP contribution in [0, 0.1) is 0 Å². The Morgan fingerprint density at radius 1 is 1.25 bits per heavy atom. The molecule has 1 amide bonds. The number of rotatable bonds is 4. The fourth-order valence-electron chi connectivity index (χ4n) is 2.46. The zero-order chi connectivity index (χ0) is 13.8. The van der Waals surface area contributed by atoms with Gasteiger partial charge in [-0.25, -0.2) is 5.48 Å². The summed E-state index contributed by atoms with van der Waals surface area (Å²) in [6.45, 7) is 0. The van der Waals surface area contributed by atoms with Gasteiger partial charge in [0.05, 0.1) is 11.1 Å². The molecule has 3 rings (SSSR count). The second-order valence-electron chi connectivity index (χ2n) is 5.12. The van der Waals surface area contributed by atoms with Crippen molar-refractivity contribution in [2.24, 2.45) is 4.99 Å².